The molecule has 1 heterocycles. The van der Waals surface area contributed by atoms with E-state index in [1.165, 1.54) is 0 Å². The second-order valence-electron chi connectivity index (χ2n) is 4.58. The molecule has 13 heavy (non-hydrogen) atoms. The second-order valence-corrected chi connectivity index (χ2v) is 4.58. The number of nitrogens with two attached hydrogens (primary N) is 1. The van der Waals surface area contributed by atoms with Gasteiger partial charge in [0.05, 0.1) is 0 Å². The minimum Gasteiger partial charge on any atom is -0.269 e. The van der Waals surface area contributed by atoms with Crippen molar-refractivity contribution in [1.82, 2.24) is 5.01 Å². The first kappa shape index (κ1) is 12.9. The molecule has 2 atom stereocenters. The first-order valence-corrected chi connectivity index (χ1v) is 5.44. The molecule has 1 fully saturated rings. The van der Waals surface area contributed by atoms with Gasteiger partial charge in [-0.2, -0.15) is 0 Å². The quantitative estimate of drug-likeness (QED) is 0.589. The van der Waals surface area contributed by atoms with Crippen molar-refractivity contribution in [2.45, 2.75) is 41.5 Å². The summed E-state index contributed by atoms with van der Waals surface area (Å²) in [6.45, 7) is 15.3. The topological polar surface area (TPSA) is 29.3 Å². The minimum atomic E-state index is 0.454. The zero-order chi connectivity index (χ0) is 10.6. The number of hydrogen-bond acceptors (Lipinski definition) is 2. The lowest BCUT2D eigenvalue weighted by Crippen LogP contribution is -2.51. The third-order valence-electron chi connectivity index (χ3n) is 3.56. The van der Waals surface area contributed by atoms with Gasteiger partial charge in [0.1, 0.15) is 0 Å². The van der Waals surface area contributed by atoms with Gasteiger partial charge in [-0.3, -0.25) is 5.84 Å². The Kier molecular flexibility index (Phi) is 4.93. The van der Waals surface area contributed by atoms with E-state index in [1.807, 2.05) is 18.9 Å². The zero-order valence-electron chi connectivity index (χ0n) is 10.1. The standard InChI is InChI=1S/C9H20N2.C2H6/c1-7-5-11(10)6-8(2)9(7,3)4;1-2/h7-8H,5-6,10H2,1-4H3;1-2H3. The van der Waals surface area contributed by atoms with Gasteiger partial charge in [-0.15, -0.1) is 0 Å². The molecule has 0 aromatic carbocycles. The molecular formula is C11H26N2. The summed E-state index contributed by atoms with van der Waals surface area (Å²) in [5.74, 6) is 7.18. The molecule has 2 N–H and O–H groups in total. The molecule has 1 rings (SSSR count). The van der Waals surface area contributed by atoms with Crippen molar-refractivity contribution in [1.29, 1.82) is 0 Å². The van der Waals surface area contributed by atoms with Crippen molar-refractivity contribution in [3.8, 4) is 0 Å². The minimum absolute atomic E-state index is 0.454. The Balaban J connectivity index is 0.000000671. The van der Waals surface area contributed by atoms with Crippen LogP contribution in [0.4, 0.5) is 0 Å². The molecule has 1 aliphatic heterocycles. The van der Waals surface area contributed by atoms with Crippen LogP contribution in [0.2, 0.25) is 0 Å². The molecule has 2 unspecified atom stereocenters. The Hall–Kier alpha value is -0.0800. The van der Waals surface area contributed by atoms with E-state index in [1.54, 1.807) is 0 Å². The molecule has 2 heteroatoms. The summed E-state index contributed by atoms with van der Waals surface area (Å²) >= 11 is 0. The van der Waals surface area contributed by atoms with E-state index < -0.39 is 0 Å². The second kappa shape index (κ2) is 4.97. The molecule has 0 radical (unpaired) electrons. The van der Waals surface area contributed by atoms with Crippen LogP contribution in [-0.4, -0.2) is 18.1 Å². The summed E-state index contributed by atoms with van der Waals surface area (Å²) < 4.78 is 0. The van der Waals surface area contributed by atoms with Gasteiger partial charge in [0.25, 0.3) is 0 Å². The first-order valence-electron chi connectivity index (χ1n) is 5.44. The van der Waals surface area contributed by atoms with E-state index >= 15 is 0 Å². The molecule has 80 valence electrons. The Bertz CT molecular complexity index is 129. The highest BCUT2D eigenvalue weighted by Gasteiger charge is 2.37. The lowest BCUT2D eigenvalue weighted by molar-refractivity contribution is 0.0165. The Morgan fingerprint density at radius 2 is 1.38 bits per heavy atom. The monoisotopic (exact) mass is 186 g/mol. The van der Waals surface area contributed by atoms with Crippen LogP contribution in [0, 0.1) is 17.3 Å². The van der Waals surface area contributed by atoms with Gasteiger partial charge in [0.2, 0.25) is 0 Å². The van der Waals surface area contributed by atoms with Gasteiger partial charge in [-0.1, -0.05) is 41.5 Å². The molecule has 1 saturated heterocycles. The third-order valence-corrected chi connectivity index (χ3v) is 3.56. The van der Waals surface area contributed by atoms with Crippen LogP contribution in [0.1, 0.15) is 41.5 Å². The maximum absolute atomic E-state index is 5.77. The number of hydrogen-bond donors (Lipinski definition) is 1. The van der Waals surface area contributed by atoms with Crippen LogP contribution < -0.4 is 5.84 Å². The predicted octanol–water partition coefficient (Wildman–Crippen LogP) is 2.50. The van der Waals surface area contributed by atoms with Crippen molar-refractivity contribution in [3.05, 3.63) is 0 Å². The Labute approximate surface area is 83.5 Å². The van der Waals surface area contributed by atoms with Crippen molar-refractivity contribution >= 4 is 0 Å². The fourth-order valence-electron chi connectivity index (χ4n) is 1.73. The number of rotatable bonds is 0. The molecule has 0 saturated carbocycles. The van der Waals surface area contributed by atoms with Crippen LogP contribution in [0.25, 0.3) is 0 Å². The van der Waals surface area contributed by atoms with Crippen molar-refractivity contribution in [2.24, 2.45) is 23.1 Å². The van der Waals surface area contributed by atoms with Gasteiger partial charge in [-0.25, -0.2) is 5.01 Å². The number of hydrazine groups is 1. The first-order chi connectivity index (χ1) is 5.94. The fraction of sp³-hybridized carbons (Fsp3) is 1.00. The van der Waals surface area contributed by atoms with E-state index in [4.69, 9.17) is 5.84 Å². The molecule has 0 spiro atoms. The van der Waals surface area contributed by atoms with Crippen LogP contribution in [-0.2, 0) is 0 Å². The van der Waals surface area contributed by atoms with Crippen molar-refractivity contribution in [2.75, 3.05) is 13.1 Å². The van der Waals surface area contributed by atoms with Gasteiger partial charge in [0, 0.05) is 13.1 Å². The van der Waals surface area contributed by atoms with Gasteiger partial charge in [0.15, 0.2) is 0 Å². The van der Waals surface area contributed by atoms with E-state index in [0.717, 1.165) is 13.1 Å². The number of piperidine rings is 1. The van der Waals surface area contributed by atoms with E-state index in [0.29, 0.717) is 17.3 Å². The Morgan fingerprint density at radius 1 is 1.08 bits per heavy atom. The predicted molar refractivity (Wildman–Crippen MR) is 59.2 cm³/mol. The highest BCUT2D eigenvalue weighted by Crippen LogP contribution is 2.38. The summed E-state index contributed by atoms with van der Waals surface area (Å²) in [5.41, 5.74) is 0.454. The summed E-state index contributed by atoms with van der Waals surface area (Å²) in [6, 6.07) is 0. The van der Waals surface area contributed by atoms with Gasteiger partial charge < -0.3 is 0 Å². The Morgan fingerprint density at radius 3 is 1.69 bits per heavy atom. The van der Waals surface area contributed by atoms with Crippen molar-refractivity contribution < 1.29 is 0 Å². The van der Waals surface area contributed by atoms with E-state index in [-0.39, 0.29) is 0 Å². The lowest BCUT2D eigenvalue weighted by atomic mass is 9.68. The normalized spacial score (nSPS) is 33.5. The molecule has 0 amide bonds. The highest BCUT2D eigenvalue weighted by atomic mass is 15.4. The third kappa shape index (κ3) is 2.96. The fourth-order valence-corrected chi connectivity index (χ4v) is 1.73. The van der Waals surface area contributed by atoms with Crippen LogP contribution in [0.3, 0.4) is 0 Å². The van der Waals surface area contributed by atoms with E-state index in [2.05, 4.69) is 27.7 Å². The average molecular weight is 186 g/mol. The van der Waals surface area contributed by atoms with Crippen LogP contribution >= 0.6 is 0 Å². The summed E-state index contributed by atoms with van der Waals surface area (Å²) in [6.07, 6.45) is 0. The van der Waals surface area contributed by atoms with Crippen LogP contribution in [0.5, 0.6) is 0 Å². The molecular weight excluding hydrogens is 160 g/mol. The van der Waals surface area contributed by atoms with Crippen molar-refractivity contribution in [3.63, 3.8) is 0 Å². The lowest BCUT2D eigenvalue weighted by Gasteiger charge is -2.45. The maximum atomic E-state index is 5.77. The molecule has 0 aromatic rings. The summed E-state index contributed by atoms with van der Waals surface area (Å²) in [7, 11) is 0. The smallest absolute Gasteiger partial charge is 0.0159 e. The molecule has 1 aliphatic rings. The van der Waals surface area contributed by atoms with Gasteiger partial charge >= 0.3 is 0 Å². The SMILES string of the molecule is CC.CC1CN(N)CC(C)C1(C)C. The molecule has 0 bridgehead atoms. The maximum Gasteiger partial charge on any atom is 0.0159 e. The van der Waals surface area contributed by atoms with Gasteiger partial charge in [-0.05, 0) is 17.3 Å². The molecule has 2 nitrogen and oxygen atoms in total. The van der Waals surface area contributed by atoms with Crippen LogP contribution in [0.15, 0.2) is 0 Å². The zero-order valence-corrected chi connectivity index (χ0v) is 10.1. The average Bonchev–Trinajstić information content (AvgIpc) is 2.05. The largest absolute Gasteiger partial charge is 0.269 e. The molecule has 0 aliphatic carbocycles. The van der Waals surface area contributed by atoms with E-state index in [9.17, 15) is 0 Å². The highest BCUT2D eigenvalue weighted by molar-refractivity contribution is 4.87. The molecule has 0 aromatic heterocycles. The number of nitrogens with zero attached hydrogens (tertiary/aromatic N) is 1. The summed E-state index contributed by atoms with van der Waals surface area (Å²) in [4.78, 5) is 0. The summed E-state index contributed by atoms with van der Waals surface area (Å²) in [5, 5.41) is 1.95.